The third kappa shape index (κ3) is 4.11. The highest BCUT2D eigenvalue weighted by Crippen LogP contribution is 2.08. The Morgan fingerprint density at radius 2 is 1.93 bits per heavy atom. The zero-order chi connectivity index (χ0) is 9.10. The molecule has 1 aromatic heterocycles. The minimum atomic E-state index is 0. The number of aromatic nitrogens is 3. The van der Waals surface area contributed by atoms with Crippen molar-refractivity contribution in [2.24, 2.45) is 0 Å². The molecule has 0 atom stereocenters. The van der Waals surface area contributed by atoms with Crippen LogP contribution in [0, 0.1) is 0 Å². The number of hydrogen-bond acceptors (Lipinski definition) is 5. The fraction of sp³-hybridized carbons (Fsp3) is 0.714. The maximum Gasteiger partial charge on any atom is 0.243 e. The average molecular weight is 255 g/mol. The van der Waals surface area contributed by atoms with Gasteiger partial charge in [-0.05, 0) is 25.9 Å². The van der Waals surface area contributed by atoms with Crippen LogP contribution in [0.4, 0.5) is 11.9 Å². The number of hydrogen-bond donors (Lipinski definition) is 4. The van der Waals surface area contributed by atoms with E-state index in [1.54, 1.807) is 0 Å². The van der Waals surface area contributed by atoms with Crippen LogP contribution >= 0.6 is 24.8 Å². The summed E-state index contributed by atoms with van der Waals surface area (Å²) in [6, 6.07) is 0.469. The molecule has 1 aromatic rings. The standard InChI is InChI=1S/C7H14N6.2ClH/c8-6-11-7(13-12-6)10-5-1-3-9-4-2-5;;/h5,9H,1-4H2,(H4,8,10,11,12,13);2*1H. The molecule has 0 saturated carbocycles. The van der Waals surface area contributed by atoms with Gasteiger partial charge in [-0.15, -0.1) is 29.9 Å². The monoisotopic (exact) mass is 254 g/mol. The van der Waals surface area contributed by atoms with Gasteiger partial charge >= 0.3 is 0 Å². The van der Waals surface area contributed by atoms with Crippen molar-refractivity contribution in [3.63, 3.8) is 0 Å². The van der Waals surface area contributed by atoms with Gasteiger partial charge in [-0.2, -0.15) is 4.98 Å². The van der Waals surface area contributed by atoms with E-state index in [0.717, 1.165) is 25.9 Å². The molecule has 0 amide bonds. The van der Waals surface area contributed by atoms with Crippen molar-refractivity contribution in [1.29, 1.82) is 0 Å². The highest BCUT2D eigenvalue weighted by Gasteiger charge is 2.13. The van der Waals surface area contributed by atoms with Crippen LogP contribution in [-0.4, -0.2) is 34.3 Å². The number of H-pyrrole nitrogens is 1. The lowest BCUT2D eigenvalue weighted by atomic mass is 10.1. The van der Waals surface area contributed by atoms with Crippen molar-refractivity contribution in [2.75, 3.05) is 24.1 Å². The molecule has 0 unspecified atom stereocenters. The quantitative estimate of drug-likeness (QED) is 0.613. The molecule has 8 heteroatoms. The van der Waals surface area contributed by atoms with Crippen molar-refractivity contribution in [1.82, 2.24) is 20.5 Å². The maximum atomic E-state index is 5.40. The first-order valence-corrected chi connectivity index (χ1v) is 4.50. The molecule has 0 radical (unpaired) electrons. The van der Waals surface area contributed by atoms with Crippen LogP contribution in [0.15, 0.2) is 0 Å². The Bertz CT molecular complexity index is 272. The Hall–Kier alpha value is -0.720. The molecule has 0 aromatic carbocycles. The molecule has 0 bridgehead atoms. The lowest BCUT2D eigenvalue weighted by Crippen LogP contribution is -2.35. The van der Waals surface area contributed by atoms with Crippen LogP contribution in [-0.2, 0) is 0 Å². The van der Waals surface area contributed by atoms with Gasteiger partial charge in [0.25, 0.3) is 0 Å². The van der Waals surface area contributed by atoms with E-state index in [2.05, 4.69) is 25.8 Å². The summed E-state index contributed by atoms with van der Waals surface area (Å²) in [5.41, 5.74) is 5.40. The van der Waals surface area contributed by atoms with Gasteiger partial charge in [0.05, 0.1) is 0 Å². The van der Waals surface area contributed by atoms with Gasteiger partial charge in [0.15, 0.2) is 0 Å². The second-order valence-electron chi connectivity index (χ2n) is 3.21. The van der Waals surface area contributed by atoms with Crippen molar-refractivity contribution >= 4 is 36.7 Å². The number of anilines is 2. The lowest BCUT2D eigenvalue weighted by molar-refractivity contribution is 0.477. The van der Waals surface area contributed by atoms with Crippen LogP contribution in [0.3, 0.4) is 0 Å². The predicted molar refractivity (Wildman–Crippen MR) is 64.8 cm³/mol. The van der Waals surface area contributed by atoms with Gasteiger partial charge in [0.2, 0.25) is 11.9 Å². The number of piperidine rings is 1. The highest BCUT2D eigenvalue weighted by molar-refractivity contribution is 5.85. The topological polar surface area (TPSA) is 91.7 Å². The van der Waals surface area contributed by atoms with Crippen LogP contribution in [0.25, 0.3) is 0 Å². The summed E-state index contributed by atoms with van der Waals surface area (Å²) < 4.78 is 0. The summed E-state index contributed by atoms with van der Waals surface area (Å²) in [5, 5.41) is 13.0. The van der Waals surface area contributed by atoms with E-state index in [9.17, 15) is 0 Å². The van der Waals surface area contributed by atoms with Gasteiger partial charge in [-0.1, -0.05) is 0 Å². The third-order valence-electron chi connectivity index (χ3n) is 2.18. The van der Waals surface area contributed by atoms with Crippen LogP contribution in [0.2, 0.25) is 0 Å². The van der Waals surface area contributed by atoms with Crippen molar-refractivity contribution < 1.29 is 0 Å². The Morgan fingerprint density at radius 1 is 1.27 bits per heavy atom. The minimum Gasteiger partial charge on any atom is -0.368 e. The second-order valence-corrected chi connectivity index (χ2v) is 3.21. The van der Waals surface area contributed by atoms with Gasteiger partial charge < -0.3 is 16.4 Å². The third-order valence-corrected chi connectivity index (χ3v) is 2.18. The molecule has 6 nitrogen and oxygen atoms in total. The van der Waals surface area contributed by atoms with Crippen LogP contribution < -0.4 is 16.4 Å². The normalized spacial score (nSPS) is 16.3. The van der Waals surface area contributed by atoms with E-state index < -0.39 is 0 Å². The Labute approximate surface area is 101 Å². The van der Waals surface area contributed by atoms with E-state index in [0.29, 0.717) is 17.9 Å². The van der Waals surface area contributed by atoms with Gasteiger partial charge in [0.1, 0.15) is 0 Å². The molecule has 5 N–H and O–H groups in total. The smallest absolute Gasteiger partial charge is 0.243 e. The molecule has 88 valence electrons. The molecule has 1 fully saturated rings. The predicted octanol–water partition coefficient (Wildman–Crippen LogP) is 0.394. The lowest BCUT2D eigenvalue weighted by Gasteiger charge is -2.22. The maximum absolute atomic E-state index is 5.40. The first-order valence-electron chi connectivity index (χ1n) is 4.50. The summed E-state index contributed by atoms with van der Waals surface area (Å²) in [6.07, 6.45) is 2.21. The molecular formula is C7H16Cl2N6. The molecule has 1 aliphatic heterocycles. The van der Waals surface area contributed by atoms with Crippen LogP contribution in [0.1, 0.15) is 12.8 Å². The molecule has 15 heavy (non-hydrogen) atoms. The van der Waals surface area contributed by atoms with Gasteiger partial charge in [0, 0.05) is 6.04 Å². The number of nitrogens with one attached hydrogen (secondary N) is 3. The average Bonchev–Trinajstić information content (AvgIpc) is 2.53. The summed E-state index contributed by atoms with van der Waals surface area (Å²) in [4.78, 5) is 3.98. The van der Waals surface area contributed by atoms with Crippen molar-refractivity contribution in [3.8, 4) is 0 Å². The fourth-order valence-electron chi connectivity index (χ4n) is 1.49. The molecule has 2 heterocycles. The first-order chi connectivity index (χ1) is 6.34. The fourth-order valence-corrected chi connectivity index (χ4v) is 1.49. The molecular weight excluding hydrogens is 239 g/mol. The number of aromatic amines is 1. The van der Waals surface area contributed by atoms with E-state index >= 15 is 0 Å². The second kappa shape index (κ2) is 6.71. The zero-order valence-electron chi connectivity index (χ0n) is 8.19. The molecule has 0 aliphatic carbocycles. The summed E-state index contributed by atoms with van der Waals surface area (Å²) in [6.45, 7) is 2.11. The number of nitrogens with zero attached hydrogens (tertiary/aromatic N) is 2. The number of halogens is 2. The summed E-state index contributed by atoms with van der Waals surface area (Å²) in [7, 11) is 0. The summed E-state index contributed by atoms with van der Waals surface area (Å²) in [5.74, 6) is 0.959. The Balaban J connectivity index is 0.000000980. The zero-order valence-corrected chi connectivity index (χ0v) is 9.83. The van der Waals surface area contributed by atoms with E-state index in [1.165, 1.54) is 0 Å². The molecule has 1 saturated heterocycles. The Kier molecular flexibility index (Phi) is 6.38. The molecule has 2 rings (SSSR count). The molecule has 0 spiro atoms. The Morgan fingerprint density at radius 3 is 2.47 bits per heavy atom. The van der Waals surface area contributed by atoms with E-state index in [-0.39, 0.29) is 24.8 Å². The molecule has 1 aliphatic rings. The number of nitrogens with two attached hydrogens (primary N) is 1. The van der Waals surface area contributed by atoms with Gasteiger partial charge in [-0.25, -0.2) is 5.10 Å². The van der Waals surface area contributed by atoms with Crippen molar-refractivity contribution in [3.05, 3.63) is 0 Å². The number of rotatable bonds is 2. The van der Waals surface area contributed by atoms with E-state index in [4.69, 9.17) is 5.73 Å². The SMILES string of the molecule is Cl.Cl.Nc1nc(NC2CCNCC2)n[nH]1. The minimum absolute atomic E-state index is 0. The highest BCUT2D eigenvalue weighted by atomic mass is 35.5. The van der Waals surface area contributed by atoms with E-state index in [1.807, 2.05) is 0 Å². The summed E-state index contributed by atoms with van der Waals surface area (Å²) >= 11 is 0. The van der Waals surface area contributed by atoms with Crippen LogP contribution in [0.5, 0.6) is 0 Å². The van der Waals surface area contributed by atoms with Crippen molar-refractivity contribution in [2.45, 2.75) is 18.9 Å². The number of nitrogen functional groups attached to an aromatic ring is 1. The first kappa shape index (κ1) is 14.3. The largest absolute Gasteiger partial charge is 0.368 e. The van der Waals surface area contributed by atoms with Gasteiger partial charge in [-0.3, -0.25) is 0 Å².